The molecule has 2 amide bonds. The molecular formula is C21H21ClFN5O2S. The summed E-state index contributed by atoms with van der Waals surface area (Å²) in [7, 11) is 1.78. The van der Waals surface area contributed by atoms with E-state index in [0.717, 1.165) is 5.56 Å². The van der Waals surface area contributed by atoms with Crippen LogP contribution in [0.1, 0.15) is 17.8 Å². The van der Waals surface area contributed by atoms with Crippen LogP contribution in [0.3, 0.4) is 0 Å². The number of halogens is 2. The minimum Gasteiger partial charge on any atom is -0.325 e. The average Bonchev–Trinajstić information content (AvgIpc) is 3.09. The molecule has 2 aromatic carbocycles. The van der Waals surface area contributed by atoms with Crippen molar-refractivity contribution in [2.24, 2.45) is 7.05 Å². The third-order valence-electron chi connectivity index (χ3n) is 4.45. The smallest absolute Gasteiger partial charge is 0.234 e. The Kier molecular flexibility index (Phi) is 7.64. The number of aryl methyl sites for hydroxylation is 2. The first kappa shape index (κ1) is 22.8. The SMILES string of the molecule is Cc1ccc(F)cc1NC(=O)CSc1nnc(CCC(=O)Nc2ccccc2Cl)n1C. The Balaban J connectivity index is 1.50. The van der Waals surface area contributed by atoms with Crippen LogP contribution in [-0.4, -0.2) is 32.3 Å². The molecule has 1 heterocycles. The first-order chi connectivity index (χ1) is 14.8. The lowest BCUT2D eigenvalue weighted by molar-refractivity contribution is -0.116. The van der Waals surface area contributed by atoms with Gasteiger partial charge in [-0.3, -0.25) is 9.59 Å². The van der Waals surface area contributed by atoms with Gasteiger partial charge in [-0.2, -0.15) is 0 Å². The van der Waals surface area contributed by atoms with Gasteiger partial charge < -0.3 is 15.2 Å². The summed E-state index contributed by atoms with van der Waals surface area (Å²) in [5, 5.41) is 14.7. The lowest BCUT2D eigenvalue weighted by atomic mass is 10.2. The molecule has 31 heavy (non-hydrogen) atoms. The lowest BCUT2D eigenvalue weighted by Gasteiger charge is -2.08. The van der Waals surface area contributed by atoms with E-state index in [1.54, 1.807) is 48.9 Å². The second kappa shape index (κ2) is 10.4. The fourth-order valence-electron chi connectivity index (χ4n) is 2.73. The third kappa shape index (κ3) is 6.28. The quantitative estimate of drug-likeness (QED) is 0.490. The van der Waals surface area contributed by atoms with Crippen LogP contribution >= 0.6 is 23.4 Å². The zero-order valence-corrected chi connectivity index (χ0v) is 18.6. The van der Waals surface area contributed by atoms with Gasteiger partial charge in [-0.25, -0.2) is 4.39 Å². The Morgan fingerprint density at radius 1 is 1.10 bits per heavy atom. The van der Waals surface area contributed by atoms with Crippen molar-refractivity contribution in [2.75, 3.05) is 16.4 Å². The number of hydrogen-bond acceptors (Lipinski definition) is 5. The van der Waals surface area contributed by atoms with E-state index >= 15 is 0 Å². The van der Waals surface area contributed by atoms with Crippen LogP contribution in [-0.2, 0) is 23.1 Å². The molecule has 0 radical (unpaired) electrons. The molecular weight excluding hydrogens is 441 g/mol. The standard InChI is InChI=1S/C21H21ClFN5O2S/c1-13-7-8-14(23)11-17(13)25-20(30)12-31-21-27-26-18(28(21)2)9-10-19(29)24-16-6-4-3-5-15(16)22/h3-8,11H,9-10,12H2,1-2H3,(H,24,29)(H,25,30). The molecule has 0 fully saturated rings. The van der Waals surface area contributed by atoms with Gasteiger partial charge in [0.15, 0.2) is 5.16 Å². The zero-order valence-electron chi connectivity index (χ0n) is 17.0. The molecule has 0 atom stereocenters. The highest BCUT2D eigenvalue weighted by atomic mass is 35.5. The highest BCUT2D eigenvalue weighted by Gasteiger charge is 2.14. The number of anilines is 2. The molecule has 0 aliphatic heterocycles. The number of thioether (sulfide) groups is 1. The van der Waals surface area contributed by atoms with Gasteiger partial charge >= 0.3 is 0 Å². The number of aromatic nitrogens is 3. The highest BCUT2D eigenvalue weighted by molar-refractivity contribution is 7.99. The van der Waals surface area contributed by atoms with Gasteiger partial charge in [0.05, 0.1) is 16.5 Å². The maximum Gasteiger partial charge on any atom is 0.234 e. The van der Waals surface area contributed by atoms with Gasteiger partial charge in [0, 0.05) is 25.6 Å². The Labute approximate surface area is 188 Å². The summed E-state index contributed by atoms with van der Waals surface area (Å²) in [5.41, 5.74) is 1.77. The van der Waals surface area contributed by atoms with Gasteiger partial charge in [-0.1, -0.05) is 41.6 Å². The molecule has 7 nitrogen and oxygen atoms in total. The molecule has 0 aliphatic rings. The summed E-state index contributed by atoms with van der Waals surface area (Å²) in [5.74, 6) is -0.157. The van der Waals surface area contributed by atoms with Crippen molar-refractivity contribution in [3.05, 3.63) is 64.7 Å². The number of carbonyl (C=O) groups excluding carboxylic acids is 2. The molecule has 0 unspecified atom stereocenters. The van der Waals surface area contributed by atoms with Crippen LogP contribution < -0.4 is 10.6 Å². The number of amides is 2. The number of rotatable bonds is 8. The maximum absolute atomic E-state index is 13.4. The van der Waals surface area contributed by atoms with Crippen molar-refractivity contribution in [3.63, 3.8) is 0 Å². The van der Waals surface area contributed by atoms with E-state index in [0.29, 0.717) is 33.8 Å². The summed E-state index contributed by atoms with van der Waals surface area (Å²) in [6.07, 6.45) is 0.593. The first-order valence-corrected chi connectivity index (χ1v) is 10.8. The van der Waals surface area contributed by atoms with Crippen molar-refractivity contribution in [1.82, 2.24) is 14.8 Å². The molecule has 0 bridgehead atoms. The molecule has 1 aromatic heterocycles. The predicted molar refractivity (Wildman–Crippen MR) is 120 cm³/mol. The maximum atomic E-state index is 13.4. The number of carbonyl (C=O) groups is 2. The van der Waals surface area contributed by atoms with Gasteiger partial charge in [0.1, 0.15) is 11.6 Å². The zero-order chi connectivity index (χ0) is 22.4. The molecule has 0 saturated heterocycles. The van der Waals surface area contributed by atoms with Crippen molar-refractivity contribution >= 4 is 46.6 Å². The van der Waals surface area contributed by atoms with Gasteiger partial charge in [-0.15, -0.1) is 10.2 Å². The second-order valence-corrected chi connectivity index (χ2v) is 8.13. The first-order valence-electron chi connectivity index (χ1n) is 9.45. The van der Waals surface area contributed by atoms with Gasteiger partial charge in [0.25, 0.3) is 0 Å². The fourth-order valence-corrected chi connectivity index (χ4v) is 3.65. The van der Waals surface area contributed by atoms with Crippen LogP contribution in [0.5, 0.6) is 0 Å². The van der Waals surface area contributed by atoms with Crippen LogP contribution in [0, 0.1) is 12.7 Å². The summed E-state index contributed by atoms with van der Waals surface area (Å²) < 4.78 is 15.1. The Morgan fingerprint density at radius 2 is 1.84 bits per heavy atom. The summed E-state index contributed by atoms with van der Waals surface area (Å²) in [6.45, 7) is 1.79. The monoisotopic (exact) mass is 461 g/mol. The fraction of sp³-hybridized carbons (Fsp3) is 0.238. The number of benzene rings is 2. The van der Waals surface area contributed by atoms with Crippen LogP contribution in [0.15, 0.2) is 47.6 Å². The number of nitrogens with zero attached hydrogens (tertiary/aromatic N) is 3. The predicted octanol–water partition coefficient (Wildman–Crippen LogP) is 4.22. The molecule has 3 aromatic rings. The van der Waals surface area contributed by atoms with Crippen molar-refractivity contribution < 1.29 is 14.0 Å². The second-order valence-electron chi connectivity index (χ2n) is 6.78. The van der Waals surface area contributed by atoms with Crippen molar-refractivity contribution in [1.29, 1.82) is 0 Å². The minimum atomic E-state index is -0.412. The van der Waals surface area contributed by atoms with E-state index < -0.39 is 5.82 Å². The molecule has 162 valence electrons. The molecule has 0 saturated carbocycles. The molecule has 0 spiro atoms. The lowest BCUT2D eigenvalue weighted by Crippen LogP contribution is -2.15. The van der Waals surface area contributed by atoms with E-state index in [4.69, 9.17) is 11.6 Å². The Hall–Kier alpha value is -2.91. The normalized spacial score (nSPS) is 10.7. The van der Waals surface area contributed by atoms with Crippen molar-refractivity contribution in [3.8, 4) is 0 Å². The highest BCUT2D eigenvalue weighted by Crippen LogP contribution is 2.21. The summed E-state index contributed by atoms with van der Waals surface area (Å²) in [6, 6.07) is 11.2. The molecule has 3 rings (SSSR count). The van der Waals surface area contributed by atoms with E-state index in [9.17, 15) is 14.0 Å². The number of hydrogen-bond donors (Lipinski definition) is 2. The van der Waals surface area contributed by atoms with E-state index in [2.05, 4.69) is 20.8 Å². The van der Waals surface area contributed by atoms with E-state index in [1.165, 1.54) is 23.9 Å². The van der Waals surface area contributed by atoms with Crippen LogP contribution in [0.2, 0.25) is 5.02 Å². The molecule has 2 N–H and O–H groups in total. The summed E-state index contributed by atoms with van der Waals surface area (Å²) >= 11 is 7.26. The van der Waals surface area contributed by atoms with Crippen LogP contribution in [0.25, 0.3) is 0 Å². The number of nitrogens with one attached hydrogen (secondary N) is 2. The largest absolute Gasteiger partial charge is 0.325 e. The topological polar surface area (TPSA) is 88.9 Å². The van der Waals surface area contributed by atoms with Crippen molar-refractivity contribution in [2.45, 2.75) is 24.9 Å². The Bertz CT molecular complexity index is 1110. The molecule has 0 aliphatic carbocycles. The number of para-hydroxylation sites is 1. The average molecular weight is 462 g/mol. The minimum absolute atomic E-state index is 0.0922. The Morgan fingerprint density at radius 3 is 2.61 bits per heavy atom. The molecule has 10 heteroatoms. The van der Waals surface area contributed by atoms with E-state index in [1.807, 2.05) is 0 Å². The van der Waals surface area contributed by atoms with Gasteiger partial charge in [0.2, 0.25) is 11.8 Å². The van der Waals surface area contributed by atoms with Gasteiger partial charge in [-0.05, 0) is 36.8 Å². The summed E-state index contributed by atoms with van der Waals surface area (Å²) in [4.78, 5) is 24.4. The third-order valence-corrected chi connectivity index (χ3v) is 5.80. The van der Waals surface area contributed by atoms with E-state index in [-0.39, 0.29) is 24.0 Å². The van der Waals surface area contributed by atoms with Crippen LogP contribution in [0.4, 0.5) is 15.8 Å².